The van der Waals surface area contributed by atoms with Crippen LogP contribution in [-0.4, -0.2) is 19.6 Å². The molecule has 2 aromatic rings. The number of carbonyl (C=O) groups excluding carboxylic acids is 1. The van der Waals surface area contributed by atoms with E-state index in [0.29, 0.717) is 23.9 Å². The fourth-order valence-corrected chi connectivity index (χ4v) is 2.04. The van der Waals surface area contributed by atoms with Crippen LogP contribution >= 0.6 is 0 Å². The summed E-state index contributed by atoms with van der Waals surface area (Å²) in [6, 6.07) is 8.79. The van der Waals surface area contributed by atoms with Gasteiger partial charge in [0, 0.05) is 0 Å². The van der Waals surface area contributed by atoms with Gasteiger partial charge in [-0.2, -0.15) is 0 Å². The molecule has 0 saturated carbocycles. The lowest BCUT2D eigenvalue weighted by atomic mass is 10.1. The summed E-state index contributed by atoms with van der Waals surface area (Å²) < 4.78 is 16.1. The van der Waals surface area contributed by atoms with E-state index in [0.717, 1.165) is 12.0 Å². The fourth-order valence-electron chi connectivity index (χ4n) is 2.04. The summed E-state index contributed by atoms with van der Waals surface area (Å²) in [6.07, 6.45) is 2.41. The van der Waals surface area contributed by atoms with E-state index >= 15 is 0 Å². The van der Waals surface area contributed by atoms with Crippen LogP contribution in [0.3, 0.4) is 0 Å². The minimum atomic E-state index is -0.247. The first-order chi connectivity index (χ1) is 10.7. The number of hydrogen-bond acceptors (Lipinski definition) is 4. The van der Waals surface area contributed by atoms with Crippen LogP contribution in [0.5, 0.6) is 11.5 Å². The van der Waals surface area contributed by atoms with E-state index in [1.807, 2.05) is 32.0 Å². The minimum absolute atomic E-state index is 0.174. The van der Waals surface area contributed by atoms with Crippen LogP contribution in [0.15, 0.2) is 41.0 Å². The van der Waals surface area contributed by atoms with E-state index in [2.05, 4.69) is 5.32 Å². The van der Waals surface area contributed by atoms with Gasteiger partial charge in [-0.25, -0.2) is 0 Å². The minimum Gasteiger partial charge on any atom is -0.493 e. The Morgan fingerprint density at radius 2 is 2.14 bits per heavy atom. The maximum absolute atomic E-state index is 12.0. The molecule has 1 aromatic carbocycles. The summed E-state index contributed by atoms with van der Waals surface area (Å²) in [6.45, 7) is 4.59. The molecule has 0 aliphatic carbocycles. The second-order valence-corrected chi connectivity index (χ2v) is 4.93. The number of furan rings is 1. The Kier molecular flexibility index (Phi) is 5.47. The van der Waals surface area contributed by atoms with Crippen LogP contribution in [0.2, 0.25) is 0 Å². The summed E-state index contributed by atoms with van der Waals surface area (Å²) in [5.74, 6) is 1.41. The molecule has 1 atom stereocenters. The van der Waals surface area contributed by atoms with Crippen molar-refractivity contribution in [2.75, 3.05) is 13.7 Å². The van der Waals surface area contributed by atoms with Gasteiger partial charge in [0.25, 0.3) is 5.91 Å². The van der Waals surface area contributed by atoms with E-state index in [9.17, 15) is 4.79 Å². The molecule has 1 heterocycles. The van der Waals surface area contributed by atoms with Crippen molar-refractivity contribution in [1.82, 2.24) is 5.32 Å². The molecule has 1 amide bonds. The molecule has 5 heteroatoms. The quantitative estimate of drug-likeness (QED) is 0.849. The lowest BCUT2D eigenvalue weighted by Gasteiger charge is -2.16. The van der Waals surface area contributed by atoms with E-state index in [1.165, 1.54) is 6.26 Å². The van der Waals surface area contributed by atoms with Gasteiger partial charge in [-0.3, -0.25) is 4.79 Å². The Balaban J connectivity index is 2.09. The predicted octanol–water partition coefficient (Wildman–Crippen LogP) is 3.57. The first kappa shape index (κ1) is 15.9. The highest BCUT2D eigenvalue weighted by atomic mass is 16.5. The predicted molar refractivity (Wildman–Crippen MR) is 83.4 cm³/mol. The van der Waals surface area contributed by atoms with Crippen molar-refractivity contribution >= 4 is 5.91 Å². The number of carbonyl (C=O) groups is 1. The number of rotatable bonds is 7. The molecule has 1 N–H and O–H groups in total. The third-order valence-corrected chi connectivity index (χ3v) is 3.24. The van der Waals surface area contributed by atoms with Crippen LogP contribution in [-0.2, 0) is 0 Å². The van der Waals surface area contributed by atoms with Crippen molar-refractivity contribution in [3.05, 3.63) is 47.9 Å². The van der Waals surface area contributed by atoms with Crippen LogP contribution in [0.25, 0.3) is 0 Å². The van der Waals surface area contributed by atoms with Gasteiger partial charge in [0.2, 0.25) is 0 Å². The zero-order valence-electron chi connectivity index (χ0n) is 13.1. The van der Waals surface area contributed by atoms with Crippen molar-refractivity contribution in [3.8, 4) is 11.5 Å². The van der Waals surface area contributed by atoms with E-state index in [-0.39, 0.29) is 11.9 Å². The first-order valence-corrected chi connectivity index (χ1v) is 7.30. The molecule has 0 aliphatic heterocycles. The third kappa shape index (κ3) is 3.81. The summed E-state index contributed by atoms with van der Waals surface area (Å²) in [5, 5.41) is 2.88. The average molecular weight is 303 g/mol. The highest BCUT2D eigenvalue weighted by molar-refractivity contribution is 5.91. The monoisotopic (exact) mass is 303 g/mol. The van der Waals surface area contributed by atoms with Crippen LogP contribution in [0.1, 0.15) is 42.4 Å². The molecule has 0 spiro atoms. The molecule has 2 rings (SSSR count). The van der Waals surface area contributed by atoms with Gasteiger partial charge in [0.15, 0.2) is 17.3 Å². The van der Waals surface area contributed by atoms with E-state index < -0.39 is 0 Å². The van der Waals surface area contributed by atoms with Crippen molar-refractivity contribution in [2.24, 2.45) is 0 Å². The summed E-state index contributed by atoms with van der Waals surface area (Å²) in [4.78, 5) is 12.0. The summed E-state index contributed by atoms with van der Waals surface area (Å²) in [7, 11) is 1.60. The maximum Gasteiger partial charge on any atom is 0.287 e. The Morgan fingerprint density at radius 3 is 2.77 bits per heavy atom. The van der Waals surface area contributed by atoms with Gasteiger partial charge in [0.1, 0.15) is 0 Å². The zero-order valence-corrected chi connectivity index (χ0v) is 13.1. The number of methoxy groups -OCH3 is 1. The smallest absolute Gasteiger partial charge is 0.287 e. The molecule has 1 aromatic heterocycles. The molecule has 0 bridgehead atoms. The fraction of sp³-hybridized carbons (Fsp3) is 0.353. The second kappa shape index (κ2) is 7.54. The van der Waals surface area contributed by atoms with Crippen molar-refractivity contribution in [3.63, 3.8) is 0 Å². The normalized spacial score (nSPS) is 11.8. The van der Waals surface area contributed by atoms with Gasteiger partial charge in [-0.1, -0.05) is 13.0 Å². The summed E-state index contributed by atoms with van der Waals surface area (Å²) in [5.41, 5.74) is 0.931. The van der Waals surface area contributed by atoms with Gasteiger partial charge >= 0.3 is 0 Å². The topological polar surface area (TPSA) is 60.7 Å². The number of amides is 1. The van der Waals surface area contributed by atoms with Gasteiger partial charge in [-0.15, -0.1) is 0 Å². The molecule has 22 heavy (non-hydrogen) atoms. The lowest BCUT2D eigenvalue weighted by Crippen LogP contribution is -2.26. The molecule has 0 aliphatic rings. The van der Waals surface area contributed by atoms with Gasteiger partial charge < -0.3 is 19.2 Å². The Labute approximate surface area is 130 Å². The molecule has 5 nitrogen and oxygen atoms in total. The van der Waals surface area contributed by atoms with E-state index in [1.54, 1.807) is 19.2 Å². The highest BCUT2D eigenvalue weighted by Gasteiger charge is 2.15. The molecular formula is C17H21NO4. The van der Waals surface area contributed by atoms with Crippen LogP contribution in [0, 0.1) is 0 Å². The average Bonchev–Trinajstić information content (AvgIpc) is 3.07. The third-order valence-electron chi connectivity index (χ3n) is 3.24. The lowest BCUT2D eigenvalue weighted by molar-refractivity contribution is 0.0912. The van der Waals surface area contributed by atoms with Crippen molar-refractivity contribution in [1.29, 1.82) is 0 Å². The molecule has 118 valence electrons. The number of hydrogen-bond donors (Lipinski definition) is 1. The van der Waals surface area contributed by atoms with Crippen LogP contribution in [0.4, 0.5) is 0 Å². The van der Waals surface area contributed by atoms with Gasteiger partial charge in [0.05, 0.1) is 26.0 Å². The Morgan fingerprint density at radius 1 is 1.32 bits per heavy atom. The second-order valence-electron chi connectivity index (χ2n) is 4.93. The summed E-state index contributed by atoms with van der Waals surface area (Å²) >= 11 is 0. The zero-order chi connectivity index (χ0) is 15.9. The Hall–Kier alpha value is -2.43. The van der Waals surface area contributed by atoms with Crippen LogP contribution < -0.4 is 14.8 Å². The van der Waals surface area contributed by atoms with Gasteiger partial charge in [-0.05, 0) is 43.2 Å². The molecule has 1 unspecified atom stereocenters. The number of benzene rings is 1. The maximum atomic E-state index is 12.0. The highest BCUT2D eigenvalue weighted by Crippen LogP contribution is 2.30. The SMILES string of the molecule is CCCOc1ccc(C(C)NC(=O)c2ccco2)cc1OC. The van der Waals surface area contributed by atoms with E-state index in [4.69, 9.17) is 13.9 Å². The Bertz CT molecular complexity index is 607. The van der Waals surface area contributed by atoms with Crippen molar-refractivity contribution in [2.45, 2.75) is 26.3 Å². The molecule has 0 saturated heterocycles. The molecule has 0 radical (unpaired) electrons. The molecular weight excluding hydrogens is 282 g/mol. The standard InChI is InChI=1S/C17H21NO4/c1-4-9-21-14-8-7-13(11-16(14)20-3)12(2)18-17(19)15-6-5-10-22-15/h5-8,10-12H,4,9H2,1-3H3,(H,18,19). The first-order valence-electron chi connectivity index (χ1n) is 7.30. The molecule has 0 fully saturated rings. The van der Waals surface area contributed by atoms with Crippen molar-refractivity contribution < 1.29 is 18.7 Å². The number of nitrogens with one attached hydrogen (secondary N) is 1. The largest absolute Gasteiger partial charge is 0.493 e. The number of ether oxygens (including phenoxy) is 2.